The fourth-order valence-electron chi connectivity index (χ4n) is 2.45. The molecule has 1 aromatic carbocycles. The van der Waals surface area contributed by atoms with E-state index in [0.717, 1.165) is 12.8 Å². The molecule has 0 saturated carbocycles. The summed E-state index contributed by atoms with van der Waals surface area (Å²) in [6.07, 6.45) is 2.31. The molecule has 0 radical (unpaired) electrons. The molecular formula is C15H18O3. The van der Waals surface area contributed by atoms with E-state index in [9.17, 15) is 9.59 Å². The van der Waals surface area contributed by atoms with Gasteiger partial charge in [-0.3, -0.25) is 9.59 Å². The highest BCUT2D eigenvalue weighted by Gasteiger charge is 2.33. The van der Waals surface area contributed by atoms with Crippen LogP contribution in [0.3, 0.4) is 0 Å². The van der Waals surface area contributed by atoms with Crippen LogP contribution in [-0.2, 0) is 20.7 Å². The number of rotatable bonds is 4. The van der Waals surface area contributed by atoms with E-state index in [0.29, 0.717) is 12.8 Å². The number of benzene rings is 1. The molecule has 0 spiro atoms. The van der Waals surface area contributed by atoms with Crippen molar-refractivity contribution in [3.8, 4) is 0 Å². The Kier molecular flexibility index (Phi) is 4.13. The van der Waals surface area contributed by atoms with E-state index in [1.807, 2.05) is 30.3 Å². The maximum Gasteiger partial charge on any atom is 0.306 e. The summed E-state index contributed by atoms with van der Waals surface area (Å²) in [6.45, 7) is 1.58. The van der Waals surface area contributed by atoms with Gasteiger partial charge in [0.1, 0.15) is 11.9 Å². The Balaban J connectivity index is 1.96. The molecular weight excluding hydrogens is 228 g/mol. The third kappa shape index (κ3) is 3.19. The van der Waals surface area contributed by atoms with Crippen LogP contribution in [0.1, 0.15) is 31.7 Å². The number of ketones is 1. The quantitative estimate of drug-likeness (QED) is 0.767. The third-order valence-corrected chi connectivity index (χ3v) is 3.47. The first-order valence-corrected chi connectivity index (χ1v) is 6.40. The van der Waals surface area contributed by atoms with Gasteiger partial charge in [-0.2, -0.15) is 0 Å². The Morgan fingerprint density at radius 3 is 2.72 bits per heavy atom. The summed E-state index contributed by atoms with van der Waals surface area (Å²) in [5.74, 6) is -0.169. The molecule has 1 saturated heterocycles. The zero-order valence-electron chi connectivity index (χ0n) is 10.6. The Bertz CT molecular complexity index is 425. The van der Waals surface area contributed by atoms with Gasteiger partial charge in [0.15, 0.2) is 0 Å². The van der Waals surface area contributed by atoms with Crippen LogP contribution in [-0.4, -0.2) is 17.9 Å². The molecule has 0 unspecified atom stereocenters. The van der Waals surface area contributed by atoms with Crippen molar-refractivity contribution in [2.24, 2.45) is 5.92 Å². The second kappa shape index (κ2) is 5.80. The fourth-order valence-corrected chi connectivity index (χ4v) is 2.45. The van der Waals surface area contributed by atoms with Crippen molar-refractivity contribution in [1.82, 2.24) is 0 Å². The highest BCUT2D eigenvalue weighted by molar-refractivity contribution is 5.81. The summed E-state index contributed by atoms with van der Waals surface area (Å²) in [6, 6.07) is 10.1. The average Bonchev–Trinajstić information content (AvgIpc) is 2.37. The van der Waals surface area contributed by atoms with Crippen molar-refractivity contribution in [2.75, 3.05) is 0 Å². The van der Waals surface area contributed by atoms with E-state index in [1.54, 1.807) is 6.92 Å². The topological polar surface area (TPSA) is 43.4 Å². The smallest absolute Gasteiger partial charge is 0.306 e. The van der Waals surface area contributed by atoms with E-state index < -0.39 is 0 Å². The number of aryl methyl sites for hydroxylation is 1. The number of carbonyl (C=O) groups excluding carboxylic acids is 2. The molecule has 2 atom stereocenters. The molecule has 18 heavy (non-hydrogen) atoms. The summed E-state index contributed by atoms with van der Waals surface area (Å²) in [5.41, 5.74) is 1.21. The van der Waals surface area contributed by atoms with Crippen LogP contribution in [0.25, 0.3) is 0 Å². The van der Waals surface area contributed by atoms with E-state index >= 15 is 0 Å². The predicted molar refractivity (Wildman–Crippen MR) is 68.0 cm³/mol. The Morgan fingerprint density at radius 2 is 2.06 bits per heavy atom. The van der Waals surface area contributed by atoms with Crippen LogP contribution in [0.2, 0.25) is 0 Å². The monoisotopic (exact) mass is 246 g/mol. The number of cyclic esters (lactones) is 1. The molecule has 0 aliphatic carbocycles. The van der Waals surface area contributed by atoms with Crippen LogP contribution in [0.5, 0.6) is 0 Å². The van der Waals surface area contributed by atoms with Crippen LogP contribution in [0.15, 0.2) is 30.3 Å². The van der Waals surface area contributed by atoms with Gasteiger partial charge in [0, 0.05) is 6.42 Å². The summed E-state index contributed by atoms with van der Waals surface area (Å²) < 4.78 is 5.32. The largest absolute Gasteiger partial charge is 0.462 e. The lowest BCUT2D eigenvalue weighted by molar-refractivity contribution is -0.160. The first kappa shape index (κ1) is 12.8. The highest BCUT2D eigenvalue weighted by atomic mass is 16.5. The van der Waals surface area contributed by atoms with E-state index in [2.05, 4.69) is 0 Å². The molecule has 96 valence electrons. The summed E-state index contributed by atoms with van der Waals surface area (Å²) >= 11 is 0. The minimum Gasteiger partial charge on any atom is -0.462 e. The number of hydrogen-bond acceptors (Lipinski definition) is 3. The Labute approximate surface area is 107 Å². The Hall–Kier alpha value is -1.64. The van der Waals surface area contributed by atoms with Crippen LogP contribution < -0.4 is 0 Å². The minimum atomic E-state index is -0.246. The van der Waals surface area contributed by atoms with Crippen LogP contribution in [0, 0.1) is 5.92 Å². The number of carbonyl (C=O) groups is 2. The van der Waals surface area contributed by atoms with Crippen molar-refractivity contribution in [3.05, 3.63) is 35.9 Å². The zero-order valence-corrected chi connectivity index (χ0v) is 10.6. The molecule has 1 aliphatic rings. The van der Waals surface area contributed by atoms with Gasteiger partial charge in [-0.1, -0.05) is 30.3 Å². The predicted octanol–water partition coefficient (Wildman–Crippen LogP) is 2.53. The third-order valence-electron chi connectivity index (χ3n) is 3.47. The SMILES string of the molecule is CC(=O)[C@H]1CCC(=O)O[C@@H]1CCc1ccccc1. The van der Waals surface area contributed by atoms with E-state index in [4.69, 9.17) is 4.74 Å². The molecule has 0 aromatic heterocycles. The lowest BCUT2D eigenvalue weighted by Gasteiger charge is -2.29. The fraction of sp³-hybridized carbons (Fsp3) is 0.467. The van der Waals surface area contributed by atoms with Gasteiger partial charge in [0.2, 0.25) is 0 Å². The summed E-state index contributed by atoms with van der Waals surface area (Å²) in [7, 11) is 0. The standard InChI is InChI=1S/C15H18O3/c1-11(16)13-8-10-15(17)18-14(13)9-7-12-5-3-2-4-6-12/h2-6,13-14H,7-10H2,1H3/t13-,14-/m1/s1. The second-order valence-electron chi connectivity index (χ2n) is 4.81. The lowest BCUT2D eigenvalue weighted by atomic mass is 9.87. The molecule has 0 amide bonds. The first-order valence-electron chi connectivity index (χ1n) is 6.40. The lowest BCUT2D eigenvalue weighted by Crippen LogP contribution is -2.36. The zero-order chi connectivity index (χ0) is 13.0. The maximum atomic E-state index is 11.5. The van der Waals surface area contributed by atoms with Gasteiger partial charge in [0.05, 0.1) is 5.92 Å². The van der Waals surface area contributed by atoms with E-state index in [1.165, 1.54) is 5.56 Å². The van der Waals surface area contributed by atoms with Crippen molar-refractivity contribution >= 4 is 11.8 Å². The average molecular weight is 246 g/mol. The van der Waals surface area contributed by atoms with Gasteiger partial charge in [-0.25, -0.2) is 0 Å². The number of ether oxygens (including phenoxy) is 1. The van der Waals surface area contributed by atoms with Gasteiger partial charge >= 0.3 is 5.97 Å². The molecule has 1 aliphatic heterocycles. The van der Waals surface area contributed by atoms with Gasteiger partial charge in [-0.15, -0.1) is 0 Å². The number of hydrogen-bond donors (Lipinski definition) is 0. The molecule has 2 rings (SSSR count). The van der Waals surface area contributed by atoms with Crippen molar-refractivity contribution in [1.29, 1.82) is 0 Å². The van der Waals surface area contributed by atoms with Crippen LogP contribution >= 0.6 is 0 Å². The van der Waals surface area contributed by atoms with Gasteiger partial charge in [-0.05, 0) is 31.7 Å². The first-order chi connectivity index (χ1) is 8.66. The molecule has 0 bridgehead atoms. The second-order valence-corrected chi connectivity index (χ2v) is 4.81. The maximum absolute atomic E-state index is 11.5. The van der Waals surface area contributed by atoms with Gasteiger partial charge < -0.3 is 4.74 Å². The molecule has 1 heterocycles. The van der Waals surface area contributed by atoms with Crippen molar-refractivity contribution < 1.29 is 14.3 Å². The molecule has 3 nitrogen and oxygen atoms in total. The molecule has 3 heteroatoms. The molecule has 1 fully saturated rings. The van der Waals surface area contributed by atoms with Gasteiger partial charge in [0.25, 0.3) is 0 Å². The van der Waals surface area contributed by atoms with Crippen molar-refractivity contribution in [3.63, 3.8) is 0 Å². The molecule has 1 aromatic rings. The Morgan fingerprint density at radius 1 is 1.33 bits per heavy atom. The normalized spacial score (nSPS) is 23.5. The summed E-state index contributed by atoms with van der Waals surface area (Å²) in [4.78, 5) is 22.9. The summed E-state index contributed by atoms with van der Waals surface area (Å²) in [5, 5.41) is 0. The van der Waals surface area contributed by atoms with Crippen LogP contribution in [0.4, 0.5) is 0 Å². The molecule has 0 N–H and O–H groups in total. The van der Waals surface area contributed by atoms with Crippen molar-refractivity contribution in [2.45, 2.75) is 38.7 Å². The number of Topliss-reactive ketones (excluding diaryl/α,β-unsaturated/α-hetero) is 1. The van der Waals surface area contributed by atoms with E-state index in [-0.39, 0.29) is 23.8 Å². The highest BCUT2D eigenvalue weighted by Crippen LogP contribution is 2.26. The minimum absolute atomic E-state index is 0.119. The number of esters is 1.